The Bertz CT molecular complexity index is 1360. The zero-order valence-electron chi connectivity index (χ0n) is 19.4. The summed E-state index contributed by atoms with van der Waals surface area (Å²) in [6.45, 7) is 8.01. The molecular formula is C24H26FN7O2. The number of hydrogen-bond donors (Lipinski definition) is 0. The van der Waals surface area contributed by atoms with E-state index < -0.39 is 5.82 Å². The summed E-state index contributed by atoms with van der Waals surface area (Å²) < 4.78 is 29.1. The van der Waals surface area contributed by atoms with E-state index in [1.807, 2.05) is 32.4 Å². The molecule has 176 valence electrons. The summed E-state index contributed by atoms with van der Waals surface area (Å²) in [5, 5.41) is 12.7. The van der Waals surface area contributed by atoms with Gasteiger partial charge in [-0.05, 0) is 19.1 Å². The zero-order chi connectivity index (χ0) is 23.8. The molecule has 0 aliphatic carbocycles. The highest BCUT2D eigenvalue weighted by Crippen LogP contribution is 2.35. The molecule has 10 heteroatoms. The van der Waals surface area contributed by atoms with Gasteiger partial charge in [0.1, 0.15) is 12.4 Å². The van der Waals surface area contributed by atoms with Crippen molar-refractivity contribution in [3.05, 3.63) is 66.4 Å². The number of halogens is 1. The number of ether oxygens (including phenoxy) is 2. The van der Waals surface area contributed by atoms with E-state index in [2.05, 4.69) is 31.8 Å². The first kappa shape index (κ1) is 22.0. The Morgan fingerprint density at radius 1 is 1.15 bits per heavy atom. The van der Waals surface area contributed by atoms with Crippen molar-refractivity contribution in [3.8, 4) is 16.9 Å². The standard InChI is InChI=1S/C24H26FN7O2/c1-15-20-10-19(34-8-7-33-4)12-26-22(20)5-6-31(15)16(2)23-28-29-24-21(25)9-17(14-32(23)24)18-11-27-30(3)13-18/h9-14,16H,1,5-8H2,2-4H3/t16-/m1/s1. The molecule has 0 fully saturated rings. The highest BCUT2D eigenvalue weighted by atomic mass is 19.1. The molecule has 1 aliphatic rings. The minimum atomic E-state index is -0.433. The van der Waals surface area contributed by atoms with Crippen LogP contribution in [0.3, 0.4) is 0 Å². The molecule has 0 N–H and O–H groups in total. The predicted molar refractivity (Wildman–Crippen MR) is 125 cm³/mol. The number of aryl methyl sites for hydroxylation is 1. The molecule has 34 heavy (non-hydrogen) atoms. The molecule has 5 heterocycles. The third-order valence-electron chi connectivity index (χ3n) is 6.11. The van der Waals surface area contributed by atoms with E-state index in [-0.39, 0.29) is 11.7 Å². The number of methoxy groups -OCH3 is 1. The lowest BCUT2D eigenvalue weighted by Crippen LogP contribution is -2.33. The Morgan fingerprint density at radius 3 is 2.76 bits per heavy atom. The van der Waals surface area contributed by atoms with Crippen LogP contribution in [0.1, 0.15) is 30.0 Å². The first-order valence-corrected chi connectivity index (χ1v) is 11.1. The first-order chi connectivity index (χ1) is 16.5. The second-order valence-corrected chi connectivity index (χ2v) is 8.30. The largest absolute Gasteiger partial charge is 0.490 e. The smallest absolute Gasteiger partial charge is 0.197 e. The van der Waals surface area contributed by atoms with Gasteiger partial charge in [0.05, 0.1) is 30.7 Å². The number of fused-ring (bicyclic) bond motifs is 2. The van der Waals surface area contributed by atoms with Crippen LogP contribution in [0.2, 0.25) is 0 Å². The van der Waals surface area contributed by atoms with Gasteiger partial charge in [-0.1, -0.05) is 6.58 Å². The molecule has 0 bridgehead atoms. The molecule has 0 spiro atoms. The van der Waals surface area contributed by atoms with Crippen molar-refractivity contribution >= 4 is 11.3 Å². The molecule has 0 unspecified atom stereocenters. The van der Waals surface area contributed by atoms with Crippen LogP contribution in [0.15, 0.2) is 43.5 Å². The fourth-order valence-corrected chi connectivity index (χ4v) is 4.31. The maximum Gasteiger partial charge on any atom is 0.197 e. The summed E-state index contributed by atoms with van der Waals surface area (Å²) in [4.78, 5) is 6.72. The monoisotopic (exact) mass is 463 g/mol. The van der Waals surface area contributed by atoms with Crippen LogP contribution in [0.5, 0.6) is 5.75 Å². The van der Waals surface area contributed by atoms with Crippen LogP contribution in [0.4, 0.5) is 4.39 Å². The van der Waals surface area contributed by atoms with Crippen LogP contribution in [-0.4, -0.2) is 61.1 Å². The van der Waals surface area contributed by atoms with E-state index >= 15 is 0 Å². The van der Waals surface area contributed by atoms with Crippen LogP contribution in [0.25, 0.3) is 22.5 Å². The van der Waals surface area contributed by atoms with E-state index in [4.69, 9.17) is 9.47 Å². The first-order valence-electron chi connectivity index (χ1n) is 11.1. The van der Waals surface area contributed by atoms with Gasteiger partial charge in [-0.15, -0.1) is 10.2 Å². The Balaban J connectivity index is 1.46. The normalized spacial score (nSPS) is 14.5. The van der Waals surface area contributed by atoms with Crippen LogP contribution in [0, 0.1) is 5.82 Å². The Kier molecular flexibility index (Phi) is 5.74. The molecule has 4 aromatic heterocycles. The van der Waals surface area contributed by atoms with Gasteiger partial charge in [0.25, 0.3) is 0 Å². The fourth-order valence-electron chi connectivity index (χ4n) is 4.31. The van der Waals surface area contributed by atoms with Gasteiger partial charge in [0.2, 0.25) is 0 Å². The third kappa shape index (κ3) is 3.90. The maximum absolute atomic E-state index is 14.9. The molecule has 0 amide bonds. The highest BCUT2D eigenvalue weighted by Gasteiger charge is 2.29. The molecule has 4 aromatic rings. The summed E-state index contributed by atoms with van der Waals surface area (Å²) in [6, 6.07) is 3.22. The molecule has 1 atom stereocenters. The van der Waals surface area contributed by atoms with Gasteiger partial charge >= 0.3 is 0 Å². The number of pyridine rings is 2. The van der Waals surface area contributed by atoms with Crippen molar-refractivity contribution in [3.63, 3.8) is 0 Å². The van der Waals surface area contributed by atoms with Crippen molar-refractivity contribution < 1.29 is 13.9 Å². The Labute approximate surface area is 196 Å². The summed E-state index contributed by atoms with van der Waals surface area (Å²) >= 11 is 0. The maximum atomic E-state index is 14.9. The lowest BCUT2D eigenvalue weighted by Gasteiger charge is -2.36. The van der Waals surface area contributed by atoms with E-state index in [9.17, 15) is 4.39 Å². The van der Waals surface area contributed by atoms with Crippen LogP contribution >= 0.6 is 0 Å². The predicted octanol–water partition coefficient (Wildman–Crippen LogP) is 3.28. The van der Waals surface area contributed by atoms with E-state index in [0.29, 0.717) is 36.9 Å². The Hall–Kier alpha value is -3.79. The second kappa shape index (κ2) is 8.86. The lowest BCUT2D eigenvalue weighted by atomic mass is 10.0. The van der Waals surface area contributed by atoms with Gasteiger partial charge in [-0.25, -0.2) is 4.39 Å². The molecule has 0 radical (unpaired) electrons. The summed E-state index contributed by atoms with van der Waals surface area (Å²) in [5.74, 6) is 0.865. The van der Waals surface area contributed by atoms with Crippen LogP contribution < -0.4 is 4.74 Å². The average molecular weight is 464 g/mol. The van der Waals surface area contributed by atoms with Crippen LogP contribution in [-0.2, 0) is 18.2 Å². The SMILES string of the molecule is C=C1c2cc(OCCOC)cnc2CCN1[C@H](C)c1nnc2c(F)cc(-c3cnn(C)c3)cn12. The van der Waals surface area contributed by atoms with Gasteiger partial charge in [0, 0.05) is 61.9 Å². The topological polar surface area (TPSA) is 82.6 Å². The minimum absolute atomic E-state index is 0.188. The summed E-state index contributed by atoms with van der Waals surface area (Å²) in [5.41, 5.74) is 4.44. The molecule has 0 aromatic carbocycles. The van der Waals surface area contributed by atoms with E-state index in [0.717, 1.165) is 28.9 Å². The quantitative estimate of drug-likeness (QED) is 0.389. The summed E-state index contributed by atoms with van der Waals surface area (Å²) in [7, 11) is 3.46. The number of nitrogens with zero attached hydrogens (tertiary/aromatic N) is 7. The van der Waals surface area contributed by atoms with E-state index in [1.165, 1.54) is 6.07 Å². The highest BCUT2D eigenvalue weighted by molar-refractivity contribution is 5.67. The lowest BCUT2D eigenvalue weighted by molar-refractivity contribution is 0.146. The number of rotatable bonds is 7. The van der Waals surface area contributed by atoms with Crippen molar-refractivity contribution in [1.29, 1.82) is 0 Å². The van der Waals surface area contributed by atoms with E-state index in [1.54, 1.807) is 28.6 Å². The molecule has 1 aliphatic heterocycles. The summed E-state index contributed by atoms with van der Waals surface area (Å²) in [6.07, 6.45) is 7.89. The molecule has 9 nitrogen and oxygen atoms in total. The van der Waals surface area contributed by atoms with Gasteiger partial charge in [0.15, 0.2) is 17.3 Å². The fraction of sp³-hybridized carbons (Fsp3) is 0.333. The number of aromatic nitrogens is 6. The minimum Gasteiger partial charge on any atom is -0.490 e. The van der Waals surface area contributed by atoms with Gasteiger partial charge < -0.3 is 14.4 Å². The third-order valence-corrected chi connectivity index (χ3v) is 6.11. The van der Waals surface area contributed by atoms with Crippen molar-refractivity contribution in [2.45, 2.75) is 19.4 Å². The molecule has 5 rings (SSSR count). The second-order valence-electron chi connectivity index (χ2n) is 8.30. The number of hydrogen-bond acceptors (Lipinski definition) is 7. The van der Waals surface area contributed by atoms with Crippen molar-refractivity contribution in [2.24, 2.45) is 7.05 Å². The van der Waals surface area contributed by atoms with Gasteiger partial charge in [-0.2, -0.15) is 5.10 Å². The van der Waals surface area contributed by atoms with Gasteiger partial charge in [-0.3, -0.25) is 14.1 Å². The molecule has 0 saturated carbocycles. The van der Waals surface area contributed by atoms with Crippen molar-refractivity contribution in [2.75, 3.05) is 26.9 Å². The molecule has 0 saturated heterocycles. The average Bonchev–Trinajstić information content (AvgIpc) is 3.46. The van der Waals surface area contributed by atoms with Crippen molar-refractivity contribution in [1.82, 2.24) is 34.3 Å². The molecular weight excluding hydrogens is 437 g/mol. The Morgan fingerprint density at radius 2 is 2.00 bits per heavy atom. The zero-order valence-corrected chi connectivity index (χ0v) is 19.4.